The zero-order chi connectivity index (χ0) is 14.3. The molecule has 6 heteroatoms. The lowest BCUT2D eigenvalue weighted by atomic mass is 10.1. The number of amides is 2. The normalized spacial score (nSPS) is 22.1. The van der Waals surface area contributed by atoms with E-state index < -0.39 is 0 Å². The van der Waals surface area contributed by atoms with Crippen molar-refractivity contribution in [2.24, 2.45) is 0 Å². The third-order valence-electron chi connectivity index (χ3n) is 3.96. The first-order chi connectivity index (χ1) is 9.56. The van der Waals surface area contributed by atoms with E-state index in [1.807, 2.05) is 4.90 Å². The number of halogens is 1. The average Bonchev–Trinajstić information content (AvgIpc) is 2.82. The van der Waals surface area contributed by atoms with Crippen molar-refractivity contribution in [2.45, 2.75) is 23.8 Å². The Hall–Kier alpha value is -1.20. The van der Waals surface area contributed by atoms with Crippen molar-refractivity contribution in [2.75, 3.05) is 19.6 Å². The topological polar surface area (TPSA) is 40.6 Å². The molecule has 0 spiro atoms. The molecule has 0 aliphatic carbocycles. The monoisotopic (exact) mass is 310 g/mol. The van der Waals surface area contributed by atoms with Gasteiger partial charge in [0.25, 0.3) is 5.91 Å². The van der Waals surface area contributed by atoms with Gasteiger partial charge in [-0.05, 0) is 24.6 Å². The number of hydrogen-bond acceptors (Lipinski definition) is 3. The number of fused-ring (bicyclic) bond motifs is 1. The van der Waals surface area contributed by atoms with E-state index in [2.05, 4.69) is 12.6 Å². The molecule has 2 aliphatic rings. The third kappa shape index (κ3) is 2.40. The lowest BCUT2D eigenvalue weighted by Gasteiger charge is -2.37. The number of rotatable bonds is 1. The number of carbonyl (C=O) groups excluding carboxylic acids is 2. The van der Waals surface area contributed by atoms with Crippen LogP contribution < -0.4 is 0 Å². The molecule has 0 radical (unpaired) electrons. The van der Waals surface area contributed by atoms with Gasteiger partial charge in [-0.1, -0.05) is 11.6 Å². The van der Waals surface area contributed by atoms with Crippen molar-refractivity contribution in [3.63, 3.8) is 0 Å². The molecule has 0 saturated carbocycles. The van der Waals surface area contributed by atoms with Crippen LogP contribution in [0.1, 0.15) is 23.2 Å². The number of carbonyl (C=O) groups is 2. The number of thiol groups is 1. The maximum absolute atomic E-state index is 12.5. The smallest absolute Gasteiger partial charge is 0.255 e. The molecule has 2 fully saturated rings. The first kappa shape index (κ1) is 13.8. The van der Waals surface area contributed by atoms with Crippen LogP contribution in [-0.4, -0.2) is 47.3 Å². The molecule has 1 atom stereocenters. The van der Waals surface area contributed by atoms with E-state index in [4.69, 9.17) is 11.6 Å². The molecule has 4 nitrogen and oxygen atoms in total. The minimum absolute atomic E-state index is 0.0788. The molecule has 0 bridgehead atoms. The third-order valence-corrected chi connectivity index (χ3v) is 4.57. The largest absolute Gasteiger partial charge is 0.336 e. The van der Waals surface area contributed by atoms with Crippen molar-refractivity contribution < 1.29 is 9.59 Å². The number of benzene rings is 1. The SMILES string of the molecule is O=C(c1cc(S)ccc1Cl)N1CCN2C(=O)CCC2C1. The first-order valence-corrected chi connectivity index (χ1v) is 7.46. The van der Waals surface area contributed by atoms with Gasteiger partial charge in [0.1, 0.15) is 0 Å². The van der Waals surface area contributed by atoms with Gasteiger partial charge < -0.3 is 9.80 Å². The Balaban J connectivity index is 1.78. The van der Waals surface area contributed by atoms with Gasteiger partial charge >= 0.3 is 0 Å². The molecule has 2 saturated heterocycles. The van der Waals surface area contributed by atoms with Crippen molar-refractivity contribution in [3.05, 3.63) is 28.8 Å². The quantitative estimate of drug-likeness (QED) is 0.807. The molecule has 3 rings (SSSR count). The Morgan fingerprint density at radius 1 is 1.35 bits per heavy atom. The van der Waals surface area contributed by atoms with Crippen molar-refractivity contribution in [3.8, 4) is 0 Å². The lowest BCUT2D eigenvalue weighted by Crippen LogP contribution is -2.53. The second-order valence-electron chi connectivity index (χ2n) is 5.19. The predicted molar refractivity (Wildman–Crippen MR) is 79.3 cm³/mol. The summed E-state index contributed by atoms with van der Waals surface area (Å²) in [5.41, 5.74) is 0.483. The van der Waals surface area contributed by atoms with Gasteiger partial charge in [0.2, 0.25) is 5.91 Å². The summed E-state index contributed by atoms with van der Waals surface area (Å²) >= 11 is 10.3. The molecule has 0 aromatic heterocycles. The molecule has 1 unspecified atom stereocenters. The second-order valence-corrected chi connectivity index (χ2v) is 6.12. The van der Waals surface area contributed by atoms with Crippen molar-refractivity contribution >= 4 is 36.0 Å². The van der Waals surface area contributed by atoms with Crippen LogP contribution >= 0.6 is 24.2 Å². The summed E-state index contributed by atoms with van der Waals surface area (Å²) < 4.78 is 0. The molecular weight excluding hydrogens is 296 g/mol. The fraction of sp³-hybridized carbons (Fsp3) is 0.429. The van der Waals surface area contributed by atoms with Crippen LogP contribution in [0.3, 0.4) is 0 Å². The molecule has 1 aromatic rings. The maximum atomic E-state index is 12.5. The molecule has 1 aromatic carbocycles. The van der Waals surface area contributed by atoms with Crippen LogP contribution in [0.4, 0.5) is 0 Å². The van der Waals surface area contributed by atoms with E-state index >= 15 is 0 Å². The molecular formula is C14H15ClN2O2S. The summed E-state index contributed by atoms with van der Waals surface area (Å²) in [6, 6.07) is 5.31. The van der Waals surface area contributed by atoms with Crippen molar-refractivity contribution in [1.29, 1.82) is 0 Å². The fourth-order valence-corrected chi connectivity index (χ4v) is 3.30. The van der Waals surface area contributed by atoms with Crippen LogP contribution in [0.2, 0.25) is 5.02 Å². The Bertz CT molecular complexity index is 578. The van der Waals surface area contributed by atoms with E-state index in [1.165, 1.54) is 0 Å². The highest BCUT2D eigenvalue weighted by atomic mass is 35.5. The minimum Gasteiger partial charge on any atom is -0.336 e. The zero-order valence-corrected chi connectivity index (χ0v) is 12.5. The van der Waals surface area contributed by atoms with E-state index in [-0.39, 0.29) is 17.9 Å². The van der Waals surface area contributed by atoms with Gasteiger partial charge in [-0.3, -0.25) is 9.59 Å². The van der Waals surface area contributed by atoms with Crippen LogP contribution in [0.25, 0.3) is 0 Å². The summed E-state index contributed by atoms with van der Waals surface area (Å²) in [5.74, 6) is 0.127. The zero-order valence-electron chi connectivity index (χ0n) is 10.9. The van der Waals surface area contributed by atoms with E-state index in [0.29, 0.717) is 41.5 Å². The Morgan fingerprint density at radius 2 is 2.15 bits per heavy atom. The van der Waals surface area contributed by atoms with Crippen molar-refractivity contribution in [1.82, 2.24) is 9.80 Å². The molecule has 106 valence electrons. The Kier molecular flexibility index (Phi) is 3.65. The van der Waals surface area contributed by atoms with Crippen LogP contribution in [0, 0.1) is 0 Å². The van der Waals surface area contributed by atoms with Gasteiger partial charge in [0.05, 0.1) is 10.6 Å². The summed E-state index contributed by atoms with van der Waals surface area (Å²) in [5, 5.41) is 0.442. The van der Waals surface area contributed by atoms with Crippen LogP contribution in [-0.2, 0) is 4.79 Å². The minimum atomic E-state index is -0.0788. The second kappa shape index (κ2) is 5.30. The lowest BCUT2D eigenvalue weighted by molar-refractivity contribution is -0.130. The van der Waals surface area contributed by atoms with E-state index in [0.717, 1.165) is 6.42 Å². The summed E-state index contributed by atoms with van der Waals surface area (Å²) in [7, 11) is 0. The standard InChI is InChI=1S/C14H15ClN2O2S/c15-12-3-2-10(20)7-11(12)14(19)16-5-6-17-9(8-16)1-4-13(17)18/h2-3,7,9,20H,1,4-6,8H2. The molecule has 2 amide bonds. The molecule has 2 heterocycles. The highest BCUT2D eigenvalue weighted by Crippen LogP contribution is 2.26. The van der Waals surface area contributed by atoms with Crippen LogP contribution in [0.5, 0.6) is 0 Å². The van der Waals surface area contributed by atoms with E-state index in [1.54, 1.807) is 23.1 Å². The molecule has 20 heavy (non-hydrogen) atoms. The first-order valence-electron chi connectivity index (χ1n) is 6.63. The summed E-state index contributed by atoms with van der Waals surface area (Å²) in [6.07, 6.45) is 1.43. The maximum Gasteiger partial charge on any atom is 0.255 e. The Labute approximate surface area is 128 Å². The average molecular weight is 311 g/mol. The predicted octanol–water partition coefficient (Wildman–Crippen LogP) is 2.08. The Morgan fingerprint density at radius 3 is 2.95 bits per heavy atom. The number of hydrogen-bond donors (Lipinski definition) is 1. The van der Waals surface area contributed by atoms with Crippen LogP contribution in [0.15, 0.2) is 23.1 Å². The highest BCUT2D eigenvalue weighted by Gasteiger charge is 2.37. The van der Waals surface area contributed by atoms with Gasteiger partial charge in [-0.25, -0.2) is 0 Å². The number of nitrogens with zero attached hydrogens (tertiary/aromatic N) is 2. The van der Waals surface area contributed by atoms with E-state index in [9.17, 15) is 9.59 Å². The highest BCUT2D eigenvalue weighted by molar-refractivity contribution is 7.80. The summed E-state index contributed by atoms with van der Waals surface area (Å²) in [6.45, 7) is 1.78. The van der Waals surface area contributed by atoms with Gasteiger partial charge in [-0.2, -0.15) is 0 Å². The molecule has 0 N–H and O–H groups in total. The molecule has 2 aliphatic heterocycles. The summed E-state index contributed by atoms with van der Waals surface area (Å²) in [4.78, 5) is 28.6. The van der Waals surface area contributed by atoms with Gasteiger partial charge in [-0.15, -0.1) is 12.6 Å². The van der Waals surface area contributed by atoms with Gasteiger partial charge in [0, 0.05) is 37.0 Å². The fourth-order valence-electron chi connectivity index (χ4n) is 2.90. The number of piperazine rings is 1. The van der Waals surface area contributed by atoms with Gasteiger partial charge in [0.15, 0.2) is 0 Å².